The third-order valence-electron chi connectivity index (χ3n) is 2.62. The highest BCUT2D eigenvalue weighted by Crippen LogP contribution is 2.14. The van der Waals surface area contributed by atoms with Crippen molar-refractivity contribution in [1.82, 2.24) is 5.32 Å². The van der Waals surface area contributed by atoms with Crippen molar-refractivity contribution in [1.29, 1.82) is 0 Å². The fourth-order valence-electron chi connectivity index (χ4n) is 1.61. The first-order valence-corrected chi connectivity index (χ1v) is 5.15. The highest BCUT2D eigenvalue weighted by molar-refractivity contribution is 5.19. The van der Waals surface area contributed by atoms with E-state index in [0.29, 0.717) is 17.9 Å². The number of halogens is 2. The maximum atomic E-state index is 13.3. The average Bonchev–Trinajstić information content (AvgIpc) is 2.18. The Labute approximate surface area is 89.5 Å². The van der Waals surface area contributed by atoms with Gasteiger partial charge in [-0.25, -0.2) is 8.78 Å². The molecule has 1 aromatic rings. The molecular formula is C12H17F2N. The van der Waals surface area contributed by atoms with Gasteiger partial charge >= 0.3 is 0 Å². The highest BCUT2D eigenvalue weighted by Gasteiger charge is 2.14. The molecule has 0 radical (unpaired) electrons. The lowest BCUT2D eigenvalue weighted by molar-refractivity contribution is 0.417. The zero-order valence-electron chi connectivity index (χ0n) is 9.35. The van der Waals surface area contributed by atoms with Crippen LogP contribution < -0.4 is 5.32 Å². The minimum absolute atomic E-state index is 0.168. The zero-order valence-corrected chi connectivity index (χ0v) is 9.35. The van der Waals surface area contributed by atoms with E-state index in [1.54, 1.807) is 0 Å². The van der Waals surface area contributed by atoms with Gasteiger partial charge in [-0.1, -0.05) is 13.8 Å². The summed E-state index contributed by atoms with van der Waals surface area (Å²) >= 11 is 0. The molecule has 1 unspecified atom stereocenters. The molecule has 1 aromatic carbocycles. The van der Waals surface area contributed by atoms with Gasteiger partial charge in [-0.15, -0.1) is 0 Å². The molecule has 0 aromatic heterocycles. The van der Waals surface area contributed by atoms with Gasteiger partial charge in [-0.05, 0) is 43.1 Å². The fraction of sp³-hybridized carbons (Fsp3) is 0.500. The van der Waals surface area contributed by atoms with Gasteiger partial charge in [0, 0.05) is 6.04 Å². The molecule has 1 rings (SSSR count). The Morgan fingerprint density at radius 3 is 2.47 bits per heavy atom. The first-order valence-electron chi connectivity index (χ1n) is 5.15. The molecule has 0 spiro atoms. The van der Waals surface area contributed by atoms with Crippen LogP contribution in [0.3, 0.4) is 0 Å². The van der Waals surface area contributed by atoms with Crippen molar-refractivity contribution in [3.8, 4) is 0 Å². The Hall–Kier alpha value is -0.960. The summed E-state index contributed by atoms with van der Waals surface area (Å²) in [6.07, 6.45) is 0.512. The van der Waals surface area contributed by atoms with Crippen LogP contribution in [-0.4, -0.2) is 13.1 Å². The Morgan fingerprint density at radius 2 is 1.93 bits per heavy atom. The van der Waals surface area contributed by atoms with Crippen LogP contribution in [0.4, 0.5) is 8.78 Å². The van der Waals surface area contributed by atoms with Crippen molar-refractivity contribution in [2.75, 3.05) is 7.05 Å². The van der Waals surface area contributed by atoms with Gasteiger partial charge in [0.25, 0.3) is 0 Å². The molecule has 1 N–H and O–H groups in total. The van der Waals surface area contributed by atoms with Gasteiger partial charge < -0.3 is 5.32 Å². The summed E-state index contributed by atoms with van der Waals surface area (Å²) in [7, 11) is 1.84. The van der Waals surface area contributed by atoms with Gasteiger partial charge in [0.1, 0.15) is 11.6 Å². The zero-order chi connectivity index (χ0) is 11.4. The predicted octanol–water partition coefficient (Wildman–Crippen LogP) is 2.75. The monoisotopic (exact) mass is 213 g/mol. The van der Waals surface area contributed by atoms with Gasteiger partial charge in [-0.2, -0.15) is 0 Å². The van der Waals surface area contributed by atoms with E-state index in [0.717, 1.165) is 6.07 Å². The van der Waals surface area contributed by atoms with Crippen molar-refractivity contribution >= 4 is 0 Å². The summed E-state index contributed by atoms with van der Waals surface area (Å²) in [5, 5.41) is 3.11. The molecule has 0 amide bonds. The predicted molar refractivity (Wildman–Crippen MR) is 57.7 cm³/mol. The first kappa shape index (κ1) is 12.1. The molecule has 0 fully saturated rings. The highest BCUT2D eigenvalue weighted by atomic mass is 19.1. The lowest BCUT2D eigenvalue weighted by atomic mass is 9.96. The lowest BCUT2D eigenvalue weighted by Gasteiger charge is -2.20. The number of hydrogen-bond donors (Lipinski definition) is 1. The molecule has 0 aliphatic carbocycles. The van der Waals surface area contributed by atoms with Crippen LogP contribution >= 0.6 is 0 Å². The van der Waals surface area contributed by atoms with Crippen LogP contribution in [0.15, 0.2) is 18.2 Å². The van der Waals surface area contributed by atoms with Crippen molar-refractivity contribution in [3.63, 3.8) is 0 Å². The summed E-state index contributed by atoms with van der Waals surface area (Å²) in [6, 6.07) is 3.75. The van der Waals surface area contributed by atoms with Gasteiger partial charge in [0.2, 0.25) is 0 Å². The second kappa shape index (κ2) is 5.21. The maximum absolute atomic E-state index is 13.3. The second-order valence-electron chi connectivity index (χ2n) is 4.08. The maximum Gasteiger partial charge on any atom is 0.126 e. The minimum Gasteiger partial charge on any atom is -0.316 e. The summed E-state index contributed by atoms with van der Waals surface area (Å²) in [5.41, 5.74) is 0.433. The van der Waals surface area contributed by atoms with Crippen LogP contribution in [0, 0.1) is 17.6 Å². The summed E-state index contributed by atoms with van der Waals surface area (Å²) in [4.78, 5) is 0. The molecule has 1 atom stereocenters. The normalized spacial score (nSPS) is 13.2. The number of benzene rings is 1. The Balaban J connectivity index is 2.82. The third kappa shape index (κ3) is 3.27. The van der Waals surface area contributed by atoms with E-state index in [-0.39, 0.29) is 17.7 Å². The van der Waals surface area contributed by atoms with Gasteiger partial charge in [-0.3, -0.25) is 0 Å². The van der Waals surface area contributed by atoms with Crippen LogP contribution in [0.2, 0.25) is 0 Å². The summed E-state index contributed by atoms with van der Waals surface area (Å²) in [5.74, 6) is -0.333. The second-order valence-corrected chi connectivity index (χ2v) is 4.08. The molecule has 15 heavy (non-hydrogen) atoms. The first-order chi connectivity index (χ1) is 7.04. The largest absolute Gasteiger partial charge is 0.316 e. The number of likely N-dealkylation sites (N-methyl/N-ethyl adjacent to an activating group) is 1. The molecule has 0 saturated heterocycles. The fourth-order valence-corrected chi connectivity index (χ4v) is 1.61. The molecule has 0 heterocycles. The van der Waals surface area contributed by atoms with Crippen LogP contribution in [0.25, 0.3) is 0 Å². The molecule has 0 aliphatic rings. The minimum atomic E-state index is -0.384. The standard InChI is InChI=1S/C12H17F2N/c1-8(2)12(15-3)7-9-6-10(13)4-5-11(9)14/h4-6,8,12,15H,7H2,1-3H3. The molecule has 84 valence electrons. The molecule has 0 saturated carbocycles. The van der Waals surface area contributed by atoms with Crippen molar-refractivity contribution in [2.24, 2.45) is 5.92 Å². The summed E-state index contributed by atoms with van der Waals surface area (Å²) < 4.78 is 26.3. The Morgan fingerprint density at radius 1 is 1.27 bits per heavy atom. The number of hydrogen-bond acceptors (Lipinski definition) is 1. The van der Waals surface area contributed by atoms with E-state index >= 15 is 0 Å². The van der Waals surface area contributed by atoms with Crippen LogP contribution in [0.1, 0.15) is 19.4 Å². The van der Waals surface area contributed by atoms with Gasteiger partial charge in [0.15, 0.2) is 0 Å². The Bertz CT molecular complexity index is 323. The van der Waals surface area contributed by atoms with Crippen LogP contribution in [0.5, 0.6) is 0 Å². The van der Waals surface area contributed by atoms with Gasteiger partial charge in [0.05, 0.1) is 0 Å². The van der Waals surface area contributed by atoms with Crippen LogP contribution in [-0.2, 0) is 6.42 Å². The summed E-state index contributed by atoms with van der Waals surface area (Å²) in [6.45, 7) is 4.11. The topological polar surface area (TPSA) is 12.0 Å². The van der Waals surface area contributed by atoms with E-state index in [4.69, 9.17) is 0 Å². The third-order valence-corrected chi connectivity index (χ3v) is 2.62. The SMILES string of the molecule is CNC(Cc1cc(F)ccc1F)C(C)C. The lowest BCUT2D eigenvalue weighted by Crippen LogP contribution is -2.33. The van der Waals surface area contributed by atoms with E-state index in [1.165, 1.54) is 12.1 Å². The Kier molecular flexibility index (Phi) is 4.21. The van der Waals surface area contributed by atoms with E-state index in [9.17, 15) is 8.78 Å². The average molecular weight is 213 g/mol. The van der Waals surface area contributed by atoms with Crippen molar-refractivity contribution in [2.45, 2.75) is 26.3 Å². The quantitative estimate of drug-likeness (QED) is 0.811. The van der Waals surface area contributed by atoms with Crippen molar-refractivity contribution in [3.05, 3.63) is 35.4 Å². The van der Waals surface area contributed by atoms with E-state index in [1.807, 2.05) is 7.05 Å². The molecule has 3 heteroatoms. The molecule has 1 nitrogen and oxygen atoms in total. The van der Waals surface area contributed by atoms with E-state index in [2.05, 4.69) is 19.2 Å². The van der Waals surface area contributed by atoms with E-state index < -0.39 is 0 Å². The smallest absolute Gasteiger partial charge is 0.126 e. The molecule has 0 aliphatic heterocycles. The van der Waals surface area contributed by atoms with Crippen molar-refractivity contribution < 1.29 is 8.78 Å². The molecule has 0 bridgehead atoms. The number of rotatable bonds is 4. The number of nitrogens with one attached hydrogen (secondary N) is 1. The molecular weight excluding hydrogens is 196 g/mol.